The van der Waals surface area contributed by atoms with E-state index >= 15 is 0 Å². The number of benzene rings is 2. The Morgan fingerprint density at radius 1 is 1.24 bits per heavy atom. The zero-order valence-corrected chi connectivity index (χ0v) is 18.7. The second kappa shape index (κ2) is 8.57. The minimum Gasteiger partial charge on any atom is -0.305 e. The highest BCUT2D eigenvalue weighted by atomic mass is 32.2. The number of nitrogens with zero attached hydrogens (tertiary/aromatic N) is 2. The van der Waals surface area contributed by atoms with Gasteiger partial charge in [0, 0.05) is 10.5 Å². The van der Waals surface area contributed by atoms with E-state index < -0.39 is 21.0 Å². The van der Waals surface area contributed by atoms with E-state index in [0.29, 0.717) is 16.9 Å². The average Bonchev–Trinajstić information content (AvgIpc) is 3.04. The molecule has 0 saturated heterocycles. The van der Waals surface area contributed by atoms with Crippen molar-refractivity contribution in [2.45, 2.75) is 35.4 Å². The minimum atomic E-state index is -3.38. The van der Waals surface area contributed by atoms with Gasteiger partial charge in [-0.25, -0.2) is 8.42 Å². The standard InChI is InChI=1S/C21H20N2O3S3/c1-5-12-23-18-11-8-16(27-4)13-19(18)28-21(23)22-20(24)15-6-9-17(10-7-15)29(25,26)14(2)3/h1,6-11,13-14H,12H2,2-4H3. The molecule has 1 aromatic heterocycles. The van der Waals surface area contributed by atoms with Crippen LogP contribution >= 0.6 is 23.1 Å². The summed E-state index contributed by atoms with van der Waals surface area (Å²) in [5.74, 6) is 2.16. The van der Waals surface area contributed by atoms with Gasteiger partial charge in [0.15, 0.2) is 14.6 Å². The number of terminal acetylenes is 1. The lowest BCUT2D eigenvalue weighted by Gasteiger charge is -2.07. The maximum Gasteiger partial charge on any atom is 0.279 e. The van der Waals surface area contributed by atoms with E-state index in [1.165, 1.54) is 35.6 Å². The van der Waals surface area contributed by atoms with Gasteiger partial charge in [-0.3, -0.25) is 4.79 Å². The molecule has 3 rings (SSSR count). The molecule has 0 atom stereocenters. The first-order valence-electron chi connectivity index (χ1n) is 8.81. The largest absolute Gasteiger partial charge is 0.305 e. The van der Waals surface area contributed by atoms with Crippen molar-refractivity contribution in [3.05, 3.63) is 52.8 Å². The summed E-state index contributed by atoms with van der Waals surface area (Å²) in [4.78, 5) is 18.8. The van der Waals surface area contributed by atoms with Crippen molar-refractivity contribution in [3.63, 3.8) is 0 Å². The Bertz CT molecular complexity index is 1280. The number of thiazole rings is 1. The summed E-state index contributed by atoms with van der Waals surface area (Å²) in [5, 5.41) is -0.527. The smallest absolute Gasteiger partial charge is 0.279 e. The number of fused-ring (bicyclic) bond motifs is 1. The zero-order valence-electron chi connectivity index (χ0n) is 16.2. The van der Waals surface area contributed by atoms with Crippen molar-refractivity contribution in [1.29, 1.82) is 0 Å². The number of carbonyl (C=O) groups is 1. The van der Waals surface area contributed by atoms with Crippen LogP contribution in [-0.2, 0) is 16.4 Å². The van der Waals surface area contributed by atoms with Crippen LogP contribution in [0.2, 0.25) is 0 Å². The Morgan fingerprint density at radius 2 is 1.93 bits per heavy atom. The lowest BCUT2D eigenvalue weighted by molar-refractivity contribution is 0.0998. The van der Waals surface area contributed by atoms with Crippen LogP contribution in [0.3, 0.4) is 0 Å². The Balaban J connectivity index is 2.03. The molecule has 0 radical (unpaired) electrons. The fraction of sp³-hybridized carbons (Fsp3) is 0.238. The van der Waals surface area contributed by atoms with Gasteiger partial charge in [0.1, 0.15) is 0 Å². The van der Waals surface area contributed by atoms with Crippen LogP contribution in [0.15, 0.2) is 57.2 Å². The fourth-order valence-electron chi connectivity index (χ4n) is 2.72. The van der Waals surface area contributed by atoms with E-state index in [2.05, 4.69) is 10.9 Å². The molecule has 0 aliphatic heterocycles. The van der Waals surface area contributed by atoms with Gasteiger partial charge in [0.25, 0.3) is 5.91 Å². The molecule has 3 aromatic rings. The van der Waals surface area contributed by atoms with Crippen LogP contribution in [0.1, 0.15) is 24.2 Å². The number of sulfone groups is 1. The SMILES string of the molecule is C#CCn1c(=NC(=O)c2ccc(S(=O)(=O)C(C)C)cc2)sc2cc(SC)ccc21. The molecule has 0 fully saturated rings. The third-order valence-corrected chi connectivity index (χ3v) is 8.32. The average molecular weight is 445 g/mol. The van der Waals surface area contributed by atoms with Crippen molar-refractivity contribution in [2.75, 3.05) is 6.26 Å². The van der Waals surface area contributed by atoms with Gasteiger partial charge in [-0.1, -0.05) is 17.3 Å². The molecule has 2 aromatic carbocycles. The van der Waals surface area contributed by atoms with Gasteiger partial charge in [0.05, 0.1) is 26.9 Å². The van der Waals surface area contributed by atoms with Crippen LogP contribution in [-0.4, -0.2) is 30.4 Å². The van der Waals surface area contributed by atoms with Crippen LogP contribution in [0, 0.1) is 12.3 Å². The maximum atomic E-state index is 12.7. The highest BCUT2D eigenvalue weighted by Crippen LogP contribution is 2.24. The van der Waals surface area contributed by atoms with Crippen LogP contribution in [0.25, 0.3) is 10.2 Å². The van der Waals surface area contributed by atoms with Crippen LogP contribution in [0.4, 0.5) is 0 Å². The molecule has 0 bridgehead atoms. The van der Waals surface area contributed by atoms with Crippen molar-refractivity contribution in [3.8, 4) is 12.3 Å². The topological polar surface area (TPSA) is 68.5 Å². The van der Waals surface area contributed by atoms with Gasteiger partial charge in [0.2, 0.25) is 0 Å². The molecule has 150 valence electrons. The lowest BCUT2D eigenvalue weighted by atomic mass is 10.2. The highest BCUT2D eigenvalue weighted by molar-refractivity contribution is 7.98. The van der Waals surface area contributed by atoms with Gasteiger partial charge in [-0.2, -0.15) is 4.99 Å². The summed E-state index contributed by atoms with van der Waals surface area (Å²) >= 11 is 3.04. The minimum absolute atomic E-state index is 0.193. The Labute approximate surface area is 178 Å². The Kier molecular flexibility index (Phi) is 6.32. The zero-order chi connectivity index (χ0) is 21.2. The Hall–Kier alpha value is -2.34. The lowest BCUT2D eigenvalue weighted by Crippen LogP contribution is -2.17. The molecule has 0 N–H and O–H groups in total. The second-order valence-corrected chi connectivity index (χ2v) is 10.9. The van der Waals surface area contributed by atoms with Gasteiger partial charge >= 0.3 is 0 Å². The summed E-state index contributed by atoms with van der Waals surface area (Å²) < 4.78 is 27.3. The predicted octanol–water partition coefficient (Wildman–Crippen LogP) is 3.98. The first kappa shape index (κ1) is 21.4. The summed E-state index contributed by atoms with van der Waals surface area (Å²) in [6.45, 7) is 3.55. The van der Waals surface area contributed by atoms with E-state index in [9.17, 15) is 13.2 Å². The summed E-state index contributed by atoms with van der Waals surface area (Å²) in [5.41, 5.74) is 1.25. The first-order chi connectivity index (χ1) is 13.8. The number of amides is 1. The normalized spacial score (nSPS) is 12.4. The molecule has 0 spiro atoms. The van der Waals surface area contributed by atoms with E-state index in [4.69, 9.17) is 6.42 Å². The first-order valence-corrected chi connectivity index (χ1v) is 12.4. The molecule has 1 heterocycles. The molecule has 8 heteroatoms. The summed E-state index contributed by atoms with van der Waals surface area (Å²) in [6, 6.07) is 11.9. The highest BCUT2D eigenvalue weighted by Gasteiger charge is 2.19. The number of aromatic nitrogens is 1. The Morgan fingerprint density at radius 3 is 2.52 bits per heavy atom. The number of thioether (sulfide) groups is 1. The van der Waals surface area contributed by atoms with Crippen molar-refractivity contribution >= 4 is 49.1 Å². The fourth-order valence-corrected chi connectivity index (χ4v) is 5.36. The predicted molar refractivity (Wildman–Crippen MR) is 119 cm³/mol. The van der Waals surface area contributed by atoms with Crippen LogP contribution < -0.4 is 4.80 Å². The van der Waals surface area contributed by atoms with Crippen molar-refractivity contribution in [2.24, 2.45) is 4.99 Å². The number of hydrogen-bond acceptors (Lipinski definition) is 5. The number of carbonyl (C=O) groups excluding carboxylic acids is 1. The summed E-state index contributed by atoms with van der Waals surface area (Å²) in [7, 11) is -3.38. The number of hydrogen-bond donors (Lipinski definition) is 0. The third kappa shape index (κ3) is 4.32. The van der Waals surface area contributed by atoms with E-state index in [0.717, 1.165) is 15.1 Å². The van der Waals surface area contributed by atoms with Gasteiger partial charge < -0.3 is 4.57 Å². The van der Waals surface area contributed by atoms with Crippen LogP contribution in [0.5, 0.6) is 0 Å². The van der Waals surface area contributed by atoms with Gasteiger partial charge in [-0.05, 0) is 62.6 Å². The number of rotatable bonds is 5. The maximum absolute atomic E-state index is 12.7. The molecule has 0 aliphatic carbocycles. The summed E-state index contributed by atoms with van der Waals surface area (Å²) in [6.07, 6.45) is 7.51. The molecule has 0 saturated carbocycles. The molecule has 1 amide bonds. The molecule has 0 unspecified atom stereocenters. The van der Waals surface area contributed by atoms with E-state index in [-0.39, 0.29) is 4.90 Å². The van der Waals surface area contributed by atoms with Crippen molar-refractivity contribution in [1.82, 2.24) is 4.57 Å². The molecule has 29 heavy (non-hydrogen) atoms. The van der Waals surface area contributed by atoms with Crippen molar-refractivity contribution < 1.29 is 13.2 Å². The molecule has 5 nitrogen and oxygen atoms in total. The monoisotopic (exact) mass is 444 g/mol. The molecular weight excluding hydrogens is 424 g/mol. The molecular formula is C21H20N2O3S3. The van der Waals surface area contributed by atoms with E-state index in [1.54, 1.807) is 25.6 Å². The van der Waals surface area contributed by atoms with E-state index in [1.807, 2.05) is 29.0 Å². The second-order valence-electron chi connectivity index (χ2n) is 6.54. The molecule has 0 aliphatic rings. The quantitative estimate of drug-likeness (QED) is 0.441. The third-order valence-electron chi connectivity index (χ3n) is 4.39. The van der Waals surface area contributed by atoms with Gasteiger partial charge in [-0.15, -0.1) is 18.2 Å².